The summed E-state index contributed by atoms with van der Waals surface area (Å²) in [5.41, 5.74) is 0.949. The Hall–Kier alpha value is -1.75. The van der Waals surface area contributed by atoms with Crippen LogP contribution in [-0.2, 0) is 0 Å². The molecule has 3 rings (SSSR count). The van der Waals surface area contributed by atoms with Gasteiger partial charge < -0.3 is 10.0 Å². The van der Waals surface area contributed by atoms with E-state index in [-0.39, 0.29) is 0 Å². The first-order valence-electron chi connectivity index (χ1n) is 6.19. The Morgan fingerprint density at radius 2 is 1.89 bits per heavy atom. The number of pyridine rings is 1. The van der Waals surface area contributed by atoms with E-state index in [0.717, 1.165) is 37.3 Å². The molecule has 1 aliphatic rings. The van der Waals surface area contributed by atoms with Crippen molar-refractivity contribution in [3.8, 4) is 0 Å². The lowest BCUT2D eigenvalue weighted by atomic mass is 9.94. The molecule has 0 aliphatic carbocycles. The summed E-state index contributed by atoms with van der Waals surface area (Å²) in [6, 6.07) is 3.91. The topological polar surface area (TPSA) is 62.1 Å². The van der Waals surface area contributed by atoms with Crippen LogP contribution in [0.4, 0.5) is 5.82 Å². The molecule has 1 saturated heterocycles. The first-order chi connectivity index (χ1) is 8.64. The molecule has 2 aromatic rings. The van der Waals surface area contributed by atoms with E-state index in [1.807, 2.05) is 19.1 Å². The van der Waals surface area contributed by atoms with Crippen molar-refractivity contribution in [2.24, 2.45) is 0 Å². The quantitative estimate of drug-likeness (QED) is 0.821. The number of aromatic nitrogens is 3. The first-order valence-corrected chi connectivity index (χ1v) is 6.19. The molecule has 0 aromatic carbocycles. The van der Waals surface area contributed by atoms with Crippen LogP contribution in [-0.4, -0.2) is 38.7 Å². The highest BCUT2D eigenvalue weighted by atomic mass is 16.3. The zero-order chi connectivity index (χ0) is 12.6. The second-order valence-electron chi connectivity index (χ2n) is 5.05. The van der Waals surface area contributed by atoms with Gasteiger partial charge in [-0.05, 0) is 31.9 Å². The lowest BCUT2D eigenvalue weighted by Crippen LogP contribution is -2.42. The fourth-order valence-corrected chi connectivity index (χ4v) is 2.24. The highest BCUT2D eigenvalue weighted by Gasteiger charge is 2.27. The van der Waals surface area contributed by atoms with Crippen molar-refractivity contribution in [1.29, 1.82) is 0 Å². The molecule has 1 aliphatic heterocycles. The van der Waals surface area contributed by atoms with Crippen LogP contribution in [0.2, 0.25) is 0 Å². The van der Waals surface area contributed by atoms with Gasteiger partial charge in [0.05, 0.1) is 5.60 Å². The van der Waals surface area contributed by atoms with Crippen molar-refractivity contribution in [3.05, 3.63) is 24.5 Å². The van der Waals surface area contributed by atoms with Gasteiger partial charge in [0, 0.05) is 25.5 Å². The molecule has 0 atom stereocenters. The number of hydrogen-bond donors (Lipinski definition) is 1. The fraction of sp³-hybridized carbons (Fsp3) is 0.462. The van der Waals surface area contributed by atoms with Gasteiger partial charge in [-0.2, -0.15) is 0 Å². The minimum absolute atomic E-state index is 0.535. The van der Waals surface area contributed by atoms with Crippen LogP contribution in [0.15, 0.2) is 24.5 Å². The molecule has 1 N–H and O–H groups in total. The molecule has 5 heteroatoms. The number of hydrogen-bond acceptors (Lipinski definition) is 5. The predicted octanol–water partition coefficient (Wildman–Crippen LogP) is 1.38. The summed E-state index contributed by atoms with van der Waals surface area (Å²) in [4.78, 5) is 15.1. The van der Waals surface area contributed by atoms with Crippen molar-refractivity contribution in [2.75, 3.05) is 18.0 Å². The molecule has 3 heterocycles. The SMILES string of the molecule is CC1(O)CCN(c2ccc3nccnc3n2)CC1. The molecule has 0 saturated carbocycles. The molecule has 2 aromatic heterocycles. The summed E-state index contributed by atoms with van der Waals surface area (Å²) in [6.07, 6.45) is 4.86. The molecular weight excluding hydrogens is 228 g/mol. The van der Waals surface area contributed by atoms with Crippen LogP contribution in [0.25, 0.3) is 11.2 Å². The Bertz CT molecular complexity index is 560. The van der Waals surface area contributed by atoms with E-state index in [1.54, 1.807) is 12.4 Å². The maximum Gasteiger partial charge on any atom is 0.180 e. The zero-order valence-corrected chi connectivity index (χ0v) is 10.4. The van der Waals surface area contributed by atoms with Gasteiger partial charge in [0.15, 0.2) is 5.65 Å². The van der Waals surface area contributed by atoms with Gasteiger partial charge in [0.1, 0.15) is 11.3 Å². The van der Waals surface area contributed by atoms with Crippen LogP contribution in [0.3, 0.4) is 0 Å². The molecule has 5 nitrogen and oxygen atoms in total. The van der Waals surface area contributed by atoms with Gasteiger partial charge in [0.25, 0.3) is 0 Å². The highest BCUT2D eigenvalue weighted by Crippen LogP contribution is 2.25. The molecule has 0 bridgehead atoms. The Morgan fingerprint density at radius 3 is 2.67 bits per heavy atom. The lowest BCUT2D eigenvalue weighted by Gasteiger charge is -2.36. The Kier molecular flexibility index (Phi) is 2.63. The Labute approximate surface area is 106 Å². The summed E-state index contributed by atoms with van der Waals surface area (Å²) in [6.45, 7) is 3.54. The van der Waals surface area contributed by atoms with Gasteiger partial charge >= 0.3 is 0 Å². The lowest BCUT2D eigenvalue weighted by molar-refractivity contribution is 0.0350. The summed E-state index contributed by atoms with van der Waals surface area (Å²) in [5.74, 6) is 0.915. The maximum absolute atomic E-state index is 9.94. The molecule has 1 fully saturated rings. The van der Waals surface area contributed by atoms with Crippen LogP contribution in [0.5, 0.6) is 0 Å². The molecule has 94 valence electrons. The van der Waals surface area contributed by atoms with Gasteiger partial charge in [-0.15, -0.1) is 0 Å². The van der Waals surface area contributed by atoms with Crippen LogP contribution in [0, 0.1) is 0 Å². The van der Waals surface area contributed by atoms with Crippen molar-refractivity contribution in [1.82, 2.24) is 15.0 Å². The van der Waals surface area contributed by atoms with E-state index in [1.165, 1.54) is 0 Å². The summed E-state index contributed by atoms with van der Waals surface area (Å²) < 4.78 is 0. The second-order valence-corrected chi connectivity index (χ2v) is 5.05. The van der Waals surface area contributed by atoms with Crippen molar-refractivity contribution < 1.29 is 5.11 Å². The number of rotatable bonds is 1. The van der Waals surface area contributed by atoms with Crippen molar-refractivity contribution in [3.63, 3.8) is 0 Å². The highest BCUT2D eigenvalue weighted by molar-refractivity contribution is 5.71. The third-order valence-corrected chi connectivity index (χ3v) is 3.48. The van der Waals surface area contributed by atoms with E-state index in [0.29, 0.717) is 5.65 Å². The molecule has 0 unspecified atom stereocenters. The molecular formula is C13H16N4O. The minimum Gasteiger partial charge on any atom is -0.390 e. The second kappa shape index (κ2) is 4.17. The van der Waals surface area contributed by atoms with E-state index >= 15 is 0 Å². The smallest absolute Gasteiger partial charge is 0.180 e. The van der Waals surface area contributed by atoms with E-state index < -0.39 is 5.60 Å². The average Bonchev–Trinajstić information content (AvgIpc) is 2.38. The van der Waals surface area contributed by atoms with Gasteiger partial charge in [-0.1, -0.05) is 0 Å². The van der Waals surface area contributed by atoms with Crippen molar-refractivity contribution >= 4 is 17.0 Å². The van der Waals surface area contributed by atoms with Crippen LogP contribution < -0.4 is 4.90 Å². The third-order valence-electron chi connectivity index (χ3n) is 3.48. The maximum atomic E-state index is 9.94. The van der Waals surface area contributed by atoms with Crippen LogP contribution in [0.1, 0.15) is 19.8 Å². The standard InChI is InChI=1S/C13H16N4O/c1-13(18)4-8-17(9-5-13)11-3-2-10-12(16-11)15-7-6-14-10/h2-3,6-7,18H,4-5,8-9H2,1H3. The molecule has 18 heavy (non-hydrogen) atoms. The number of aliphatic hydroxyl groups is 1. The van der Waals surface area contributed by atoms with E-state index in [2.05, 4.69) is 19.9 Å². The van der Waals surface area contributed by atoms with Gasteiger partial charge in [-0.25, -0.2) is 9.97 Å². The summed E-state index contributed by atoms with van der Waals surface area (Å²) >= 11 is 0. The molecule has 0 spiro atoms. The molecule has 0 radical (unpaired) electrons. The number of fused-ring (bicyclic) bond motifs is 1. The predicted molar refractivity (Wildman–Crippen MR) is 69.4 cm³/mol. The normalized spacial score (nSPS) is 19.1. The largest absolute Gasteiger partial charge is 0.390 e. The number of anilines is 1. The third kappa shape index (κ3) is 2.13. The van der Waals surface area contributed by atoms with Gasteiger partial charge in [-0.3, -0.25) is 4.98 Å². The number of piperidine rings is 1. The average molecular weight is 244 g/mol. The summed E-state index contributed by atoms with van der Waals surface area (Å²) in [5, 5.41) is 9.94. The zero-order valence-electron chi connectivity index (χ0n) is 10.4. The monoisotopic (exact) mass is 244 g/mol. The fourth-order valence-electron chi connectivity index (χ4n) is 2.24. The van der Waals surface area contributed by atoms with Crippen molar-refractivity contribution in [2.45, 2.75) is 25.4 Å². The van der Waals surface area contributed by atoms with Crippen LogP contribution >= 0.6 is 0 Å². The first kappa shape index (κ1) is 11.3. The van der Waals surface area contributed by atoms with E-state index in [4.69, 9.17) is 0 Å². The number of nitrogens with zero attached hydrogens (tertiary/aromatic N) is 4. The minimum atomic E-state index is -0.535. The Morgan fingerprint density at radius 1 is 1.17 bits per heavy atom. The summed E-state index contributed by atoms with van der Waals surface area (Å²) in [7, 11) is 0. The molecule has 0 amide bonds. The Balaban J connectivity index is 1.87. The van der Waals surface area contributed by atoms with E-state index in [9.17, 15) is 5.11 Å². The van der Waals surface area contributed by atoms with Gasteiger partial charge in [0.2, 0.25) is 0 Å².